The Morgan fingerprint density at radius 2 is 1.36 bits per heavy atom. The molecule has 1 aromatic heterocycles. The van der Waals surface area contributed by atoms with Gasteiger partial charge in [0.05, 0.1) is 6.20 Å². The second-order valence-electron chi connectivity index (χ2n) is 8.45. The van der Waals surface area contributed by atoms with Crippen LogP contribution in [0.15, 0.2) is 54.9 Å². The van der Waals surface area contributed by atoms with Crippen LogP contribution in [0, 0.1) is 55.9 Å². The number of allylic oxidation sites excluding steroid dienone is 1. The lowest BCUT2D eigenvalue weighted by atomic mass is 10.1. The van der Waals surface area contributed by atoms with Crippen LogP contribution in [0.2, 0.25) is 0 Å². The molecule has 0 amide bonds. The maximum Gasteiger partial charge on any atom is 0.490 e. The summed E-state index contributed by atoms with van der Waals surface area (Å²) in [6, 6.07) is 6.94. The largest absolute Gasteiger partial charge is 0.490 e. The average Bonchev–Trinajstić information content (AvgIpc) is 3.69. The van der Waals surface area contributed by atoms with Crippen molar-refractivity contribution in [3.8, 4) is 11.8 Å². The van der Waals surface area contributed by atoms with Crippen molar-refractivity contribution >= 4 is 18.4 Å². The fourth-order valence-electron chi connectivity index (χ4n) is 2.59. The van der Waals surface area contributed by atoms with Crippen LogP contribution in [-0.2, 0) is 9.59 Å². The molecule has 3 aromatic rings. The fraction of sp³-hybridized carbons (Fsp3) is 0.233. The van der Waals surface area contributed by atoms with Crippen molar-refractivity contribution in [1.82, 2.24) is 4.98 Å². The number of hydrogen-bond acceptors (Lipinski definition) is 4. The molecule has 1 heterocycles. The van der Waals surface area contributed by atoms with Crippen LogP contribution < -0.4 is 5.32 Å². The van der Waals surface area contributed by atoms with E-state index in [1.54, 1.807) is 13.0 Å². The summed E-state index contributed by atoms with van der Waals surface area (Å²) in [4.78, 5) is 20.5. The van der Waals surface area contributed by atoms with E-state index in [1.165, 1.54) is 37.7 Å². The number of halogens is 7. The van der Waals surface area contributed by atoms with Gasteiger partial charge in [0.25, 0.3) is 0 Å². The highest BCUT2D eigenvalue weighted by molar-refractivity contribution is 5.73. The molecule has 4 rings (SSSR count). The van der Waals surface area contributed by atoms with Crippen molar-refractivity contribution in [3.63, 3.8) is 0 Å². The quantitative estimate of drug-likeness (QED) is 0.173. The van der Waals surface area contributed by atoms with Gasteiger partial charge in [-0.3, -0.25) is 4.98 Å². The molecule has 1 aliphatic rings. The number of hydrogen-bond donors (Lipinski definition) is 2. The average molecular weight is 599 g/mol. The van der Waals surface area contributed by atoms with Crippen LogP contribution in [0.1, 0.15) is 40.7 Å². The van der Waals surface area contributed by atoms with Crippen LogP contribution in [0.5, 0.6) is 0 Å². The summed E-state index contributed by atoms with van der Waals surface area (Å²) in [5.74, 6) is 0.304. The third-order valence-corrected chi connectivity index (χ3v) is 4.94. The number of carbonyl (C=O) groups excluding carboxylic acids is 1. The second kappa shape index (κ2) is 17.9. The van der Waals surface area contributed by atoms with Gasteiger partial charge in [0, 0.05) is 24.4 Å². The van der Waals surface area contributed by atoms with Gasteiger partial charge in [-0.2, -0.15) is 13.2 Å². The molecule has 0 saturated heterocycles. The molecule has 2 N–H and O–H groups in total. The number of carbonyl (C=O) groups is 2. The highest BCUT2D eigenvalue weighted by Crippen LogP contribution is 2.24. The summed E-state index contributed by atoms with van der Waals surface area (Å²) in [5.41, 5.74) is 4.47. The molecule has 0 aliphatic heterocycles. The SMILES string of the molecule is C=C1CC1.C=O.CNc1c(F)cc(C#Cc2cncc(F)c2)cc1F.Cc1cc(C)c(C)c(F)c1.O=C(O)C(F)(F)F. The molecule has 0 spiro atoms. The number of pyridine rings is 1. The number of aliphatic carboxylic acids is 1. The number of aryl methyl sites for hydroxylation is 2. The number of aromatic nitrogens is 1. The van der Waals surface area contributed by atoms with Crippen molar-refractivity contribution in [3.05, 3.63) is 106 Å². The van der Waals surface area contributed by atoms with Gasteiger partial charge in [-0.15, -0.1) is 0 Å². The number of anilines is 1. The molecular formula is C30H29F7N2O3. The van der Waals surface area contributed by atoms with E-state index in [0.29, 0.717) is 5.56 Å². The standard InChI is InChI=1S/C14H9F3N2.C9H11F.C4H6.C2HF3O2.CH2O/c1-18-14-12(16)5-9(6-13(14)17)2-3-10-4-11(15)8-19-7-10;1-6-4-7(2)8(3)9(10)5-6;1-4-2-3-4;3-2(4,5)1(6)7;1-2/h4-8,18H,1H3;4-5H,1-3H3;1-3H2;(H,6,7);1H2. The minimum atomic E-state index is -5.08. The zero-order valence-electron chi connectivity index (χ0n) is 23.2. The van der Waals surface area contributed by atoms with Crippen LogP contribution in [0.4, 0.5) is 36.4 Å². The molecule has 0 atom stereocenters. The Kier molecular flexibility index (Phi) is 15.9. The molecule has 1 aliphatic carbocycles. The normalized spacial score (nSPS) is 10.8. The zero-order chi connectivity index (χ0) is 32.6. The van der Waals surface area contributed by atoms with Crippen molar-refractivity contribution in [1.29, 1.82) is 0 Å². The molecular weight excluding hydrogens is 569 g/mol. The summed E-state index contributed by atoms with van der Waals surface area (Å²) in [7, 11) is 1.42. The van der Waals surface area contributed by atoms with E-state index in [4.69, 9.17) is 14.7 Å². The highest BCUT2D eigenvalue weighted by atomic mass is 19.4. The van der Waals surface area contributed by atoms with Crippen molar-refractivity contribution in [2.45, 2.75) is 39.8 Å². The first-order valence-corrected chi connectivity index (χ1v) is 11.8. The predicted octanol–water partition coefficient (Wildman–Crippen LogP) is 7.48. The predicted molar refractivity (Wildman–Crippen MR) is 146 cm³/mol. The van der Waals surface area contributed by atoms with Gasteiger partial charge in [-0.05, 0) is 74.6 Å². The molecule has 226 valence electrons. The molecule has 12 heteroatoms. The number of carboxylic acid groups (broad SMARTS) is 1. The summed E-state index contributed by atoms with van der Waals surface area (Å²) >= 11 is 0. The Hall–Kier alpha value is -4.66. The zero-order valence-corrected chi connectivity index (χ0v) is 23.2. The van der Waals surface area contributed by atoms with Crippen LogP contribution >= 0.6 is 0 Å². The summed E-state index contributed by atoms with van der Waals surface area (Å²) < 4.78 is 84.4. The fourth-order valence-corrected chi connectivity index (χ4v) is 2.59. The summed E-state index contributed by atoms with van der Waals surface area (Å²) in [5, 5.41) is 9.54. The van der Waals surface area contributed by atoms with Gasteiger partial charge >= 0.3 is 12.1 Å². The van der Waals surface area contributed by atoms with Gasteiger partial charge in [0.2, 0.25) is 0 Å². The topological polar surface area (TPSA) is 79.3 Å². The lowest BCUT2D eigenvalue weighted by Crippen LogP contribution is -2.21. The number of alkyl halides is 3. The Labute approximate surface area is 239 Å². The maximum absolute atomic E-state index is 13.5. The number of nitrogens with one attached hydrogen (secondary N) is 1. The molecule has 2 aromatic carbocycles. The molecule has 1 fully saturated rings. The first-order chi connectivity index (χ1) is 19.5. The maximum atomic E-state index is 13.5. The Morgan fingerprint density at radius 3 is 1.74 bits per heavy atom. The summed E-state index contributed by atoms with van der Waals surface area (Å²) in [6.45, 7) is 11.3. The Balaban J connectivity index is 0.000000608. The van der Waals surface area contributed by atoms with Gasteiger partial charge in [-0.1, -0.05) is 30.1 Å². The lowest BCUT2D eigenvalue weighted by molar-refractivity contribution is -0.192. The van der Waals surface area contributed by atoms with Crippen molar-refractivity contribution in [2.75, 3.05) is 12.4 Å². The molecule has 0 unspecified atom stereocenters. The van der Waals surface area contributed by atoms with Crippen molar-refractivity contribution in [2.24, 2.45) is 0 Å². The minimum Gasteiger partial charge on any atom is -0.475 e. The van der Waals surface area contributed by atoms with E-state index in [0.717, 1.165) is 35.0 Å². The van der Waals surface area contributed by atoms with E-state index in [-0.39, 0.29) is 17.1 Å². The number of carboxylic acids is 1. The van der Waals surface area contributed by atoms with E-state index in [9.17, 15) is 30.7 Å². The summed E-state index contributed by atoms with van der Waals surface area (Å²) in [6.07, 6.45) is -0.0863. The molecule has 42 heavy (non-hydrogen) atoms. The number of nitrogens with zero attached hydrogens (tertiary/aromatic N) is 1. The van der Waals surface area contributed by atoms with Crippen LogP contribution in [-0.4, -0.2) is 36.1 Å². The smallest absolute Gasteiger partial charge is 0.475 e. The van der Waals surface area contributed by atoms with Gasteiger partial charge in [0.1, 0.15) is 24.1 Å². The van der Waals surface area contributed by atoms with Crippen LogP contribution in [0.25, 0.3) is 0 Å². The Bertz CT molecular complexity index is 1380. The van der Waals surface area contributed by atoms with Gasteiger partial charge < -0.3 is 15.2 Å². The second-order valence-corrected chi connectivity index (χ2v) is 8.45. The third-order valence-electron chi connectivity index (χ3n) is 4.94. The van der Waals surface area contributed by atoms with E-state index in [2.05, 4.69) is 28.7 Å². The van der Waals surface area contributed by atoms with Crippen LogP contribution in [0.3, 0.4) is 0 Å². The lowest BCUT2D eigenvalue weighted by Gasteiger charge is -2.03. The molecule has 0 radical (unpaired) electrons. The molecule has 1 saturated carbocycles. The first kappa shape index (κ1) is 37.3. The minimum absolute atomic E-state index is 0.0995. The van der Waals surface area contributed by atoms with Gasteiger partial charge in [0.15, 0.2) is 11.6 Å². The number of rotatable bonds is 1. The van der Waals surface area contributed by atoms with Gasteiger partial charge in [-0.25, -0.2) is 22.4 Å². The molecule has 0 bridgehead atoms. The Morgan fingerprint density at radius 1 is 0.881 bits per heavy atom. The monoisotopic (exact) mass is 598 g/mol. The molecule has 5 nitrogen and oxygen atoms in total. The van der Waals surface area contributed by atoms with E-state index in [1.807, 2.05) is 26.7 Å². The number of benzene rings is 2. The first-order valence-electron chi connectivity index (χ1n) is 11.8. The van der Waals surface area contributed by atoms with E-state index >= 15 is 0 Å². The van der Waals surface area contributed by atoms with Crippen molar-refractivity contribution < 1.29 is 45.4 Å². The highest BCUT2D eigenvalue weighted by Gasteiger charge is 2.38. The van der Waals surface area contributed by atoms with E-state index < -0.39 is 29.6 Å². The third kappa shape index (κ3) is 14.6.